The summed E-state index contributed by atoms with van der Waals surface area (Å²) >= 11 is 1.65. The number of non-ortho nitro benzene ring substituents is 1. The first-order valence-electron chi connectivity index (χ1n) is 6.47. The number of anilines is 1. The highest BCUT2D eigenvalue weighted by Crippen LogP contribution is 2.16. The maximum absolute atomic E-state index is 12.0. The Morgan fingerprint density at radius 2 is 2.24 bits per heavy atom. The van der Waals surface area contributed by atoms with E-state index in [2.05, 4.69) is 5.32 Å². The van der Waals surface area contributed by atoms with Crippen LogP contribution in [0, 0.1) is 10.1 Å². The van der Waals surface area contributed by atoms with Gasteiger partial charge in [0, 0.05) is 17.8 Å². The van der Waals surface area contributed by atoms with Crippen LogP contribution in [0.3, 0.4) is 0 Å². The topological polar surface area (TPSA) is 88.8 Å². The SMILES string of the molecule is C[C@H]([NH2+]Cc1cccs1)C(=O)Nc1cccc([N+](=O)[O-])c1. The fourth-order valence-corrected chi connectivity index (χ4v) is 2.46. The number of nitro groups is 1. The van der Waals surface area contributed by atoms with E-state index in [0.717, 1.165) is 6.54 Å². The maximum atomic E-state index is 12.0. The smallest absolute Gasteiger partial charge is 0.282 e. The van der Waals surface area contributed by atoms with Crippen LogP contribution in [0.25, 0.3) is 0 Å². The molecule has 0 aliphatic heterocycles. The van der Waals surface area contributed by atoms with Crippen molar-refractivity contribution in [2.75, 3.05) is 5.32 Å². The van der Waals surface area contributed by atoms with Crippen molar-refractivity contribution in [2.24, 2.45) is 0 Å². The standard InChI is InChI=1S/C14H15N3O3S/c1-10(15-9-13-6-3-7-21-13)14(18)16-11-4-2-5-12(8-11)17(19)20/h2-8,10,15H,9H2,1H3,(H,16,18)/p+1/t10-/m0/s1. The number of rotatable bonds is 6. The molecule has 1 aromatic heterocycles. The van der Waals surface area contributed by atoms with E-state index in [4.69, 9.17) is 0 Å². The van der Waals surface area contributed by atoms with E-state index in [-0.39, 0.29) is 17.6 Å². The molecule has 7 heteroatoms. The first-order valence-corrected chi connectivity index (χ1v) is 7.35. The third-order valence-corrected chi connectivity index (χ3v) is 3.89. The average molecular weight is 306 g/mol. The van der Waals surface area contributed by atoms with Gasteiger partial charge in [0.05, 0.1) is 9.80 Å². The highest BCUT2D eigenvalue weighted by atomic mass is 32.1. The summed E-state index contributed by atoms with van der Waals surface area (Å²) in [5.74, 6) is -0.174. The molecule has 0 aliphatic carbocycles. The molecular weight excluding hydrogens is 290 g/mol. The Morgan fingerprint density at radius 1 is 1.43 bits per heavy atom. The highest BCUT2D eigenvalue weighted by molar-refractivity contribution is 7.09. The second kappa shape index (κ2) is 6.96. The first-order chi connectivity index (χ1) is 10.1. The van der Waals surface area contributed by atoms with E-state index in [1.807, 2.05) is 22.8 Å². The molecule has 21 heavy (non-hydrogen) atoms. The van der Waals surface area contributed by atoms with Crippen molar-refractivity contribution in [1.29, 1.82) is 0 Å². The zero-order valence-electron chi connectivity index (χ0n) is 11.5. The Kier molecular flexibility index (Phi) is 5.02. The van der Waals surface area contributed by atoms with E-state index < -0.39 is 4.92 Å². The van der Waals surface area contributed by atoms with Gasteiger partial charge in [-0.05, 0) is 24.4 Å². The summed E-state index contributed by atoms with van der Waals surface area (Å²) in [6.07, 6.45) is 0. The minimum Gasteiger partial charge on any atom is -0.332 e. The second-order valence-corrected chi connectivity index (χ2v) is 5.64. The van der Waals surface area contributed by atoms with Gasteiger partial charge in [-0.25, -0.2) is 0 Å². The van der Waals surface area contributed by atoms with Gasteiger partial charge in [-0.15, -0.1) is 11.3 Å². The molecule has 0 saturated carbocycles. The summed E-state index contributed by atoms with van der Waals surface area (Å²) < 4.78 is 0. The maximum Gasteiger partial charge on any atom is 0.282 e. The van der Waals surface area contributed by atoms with Crippen molar-refractivity contribution < 1.29 is 15.0 Å². The zero-order chi connectivity index (χ0) is 15.2. The molecule has 1 aromatic carbocycles. The third-order valence-electron chi connectivity index (χ3n) is 2.99. The number of quaternary nitrogens is 1. The largest absolute Gasteiger partial charge is 0.332 e. The number of hydrogen-bond donors (Lipinski definition) is 2. The van der Waals surface area contributed by atoms with Crippen molar-refractivity contribution in [2.45, 2.75) is 19.5 Å². The Balaban J connectivity index is 1.91. The quantitative estimate of drug-likeness (QED) is 0.629. The lowest BCUT2D eigenvalue weighted by molar-refractivity contribution is -0.688. The average Bonchev–Trinajstić information content (AvgIpc) is 2.98. The van der Waals surface area contributed by atoms with Gasteiger partial charge in [0.1, 0.15) is 6.54 Å². The number of carbonyl (C=O) groups excluding carboxylic acids is 1. The molecule has 0 radical (unpaired) electrons. The van der Waals surface area contributed by atoms with Crippen molar-refractivity contribution >= 4 is 28.6 Å². The number of benzene rings is 1. The number of hydrogen-bond acceptors (Lipinski definition) is 4. The third kappa shape index (κ3) is 4.37. The van der Waals surface area contributed by atoms with Gasteiger partial charge in [-0.2, -0.15) is 0 Å². The fourth-order valence-electron chi connectivity index (χ4n) is 1.78. The number of nitrogens with zero attached hydrogens (tertiary/aromatic N) is 1. The van der Waals surface area contributed by atoms with Gasteiger partial charge < -0.3 is 10.6 Å². The van der Waals surface area contributed by atoms with Gasteiger partial charge in [-0.3, -0.25) is 14.9 Å². The van der Waals surface area contributed by atoms with Crippen molar-refractivity contribution in [3.63, 3.8) is 0 Å². The minimum atomic E-state index is -0.484. The number of amides is 1. The molecule has 0 spiro atoms. The second-order valence-electron chi connectivity index (χ2n) is 4.60. The highest BCUT2D eigenvalue weighted by Gasteiger charge is 2.17. The fraction of sp³-hybridized carbons (Fsp3) is 0.214. The monoisotopic (exact) mass is 306 g/mol. The van der Waals surface area contributed by atoms with Crippen LogP contribution >= 0.6 is 11.3 Å². The summed E-state index contributed by atoms with van der Waals surface area (Å²) in [4.78, 5) is 23.5. The molecule has 1 atom stereocenters. The molecular formula is C14H16N3O3S+. The Hall–Kier alpha value is -2.25. The molecule has 0 bridgehead atoms. The molecule has 2 aromatic rings. The molecule has 110 valence electrons. The van der Waals surface area contributed by atoms with Crippen LogP contribution in [0.2, 0.25) is 0 Å². The Morgan fingerprint density at radius 3 is 2.90 bits per heavy atom. The van der Waals surface area contributed by atoms with Crippen LogP contribution in [0.15, 0.2) is 41.8 Å². The summed E-state index contributed by atoms with van der Waals surface area (Å²) in [6.45, 7) is 2.54. The number of nitrogens with two attached hydrogens (primary N) is 1. The summed E-state index contributed by atoms with van der Waals surface area (Å²) in [5.41, 5.74) is 0.397. The van der Waals surface area contributed by atoms with E-state index >= 15 is 0 Å². The molecule has 3 N–H and O–H groups in total. The number of carbonyl (C=O) groups is 1. The van der Waals surface area contributed by atoms with Crippen molar-refractivity contribution in [3.8, 4) is 0 Å². The van der Waals surface area contributed by atoms with E-state index in [1.165, 1.54) is 17.0 Å². The Bertz CT molecular complexity index is 628. The van der Waals surface area contributed by atoms with E-state index in [0.29, 0.717) is 5.69 Å². The van der Waals surface area contributed by atoms with Gasteiger partial charge in [0.25, 0.3) is 11.6 Å². The van der Waals surface area contributed by atoms with E-state index in [1.54, 1.807) is 30.4 Å². The lowest BCUT2D eigenvalue weighted by Gasteiger charge is -2.10. The number of nitro benzene ring substituents is 1. The van der Waals surface area contributed by atoms with Crippen LogP contribution in [0.1, 0.15) is 11.8 Å². The summed E-state index contributed by atoms with van der Waals surface area (Å²) in [5, 5.41) is 17.3. The predicted molar refractivity (Wildman–Crippen MR) is 81.1 cm³/mol. The van der Waals surface area contributed by atoms with Crippen LogP contribution in [0.4, 0.5) is 11.4 Å². The van der Waals surface area contributed by atoms with Crippen LogP contribution < -0.4 is 10.6 Å². The Labute approximate surface area is 126 Å². The molecule has 1 amide bonds. The molecule has 0 fully saturated rings. The number of nitrogens with one attached hydrogen (secondary N) is 1. The minimum absolute atomic E-state index is 0.0389. The molecule has 6 nitrogen and oxygen atoms in total. The van der Waals surface area contributed by atoms with Crippen LogP contribution in [-0.2, 0) is 11.3 Å². The van der Waals surface area contributed by atoms with Crippen LogP contribution in [-0.4, -0.2) is 16.9 Å². The van der Waals surface area contributed by atoms with Gasteiger partial charge in [0.2, 0.25) is 0 Å². The van der Waals surface area contributed by atoms with Crippen molar-refractivity contribution in [3.05, 3.63) is 56.8 Å². The lowest BCUT2D eigenvalue weighted by atomic mass is 10.2. The van der Waals surface area contributed by atoms with Gasteiger partial charge in [0.15, 0.2) is 6.04 Å². The predicted octanol–water partition coefficient (Wildman–Crippen LogP) is 1.75. The lowest BCUT2D eigenvalue weighted by Crippen LogP contribution is -2.90. The first kappa shape index (κ1) is 15.1. The molecule has 0 saturated heterocycles. The molecule has 0 unspecified atom stereocenters. The normalized spacial score (nSPS) is 11.9. The van der Waals surface area contributed by atoms with Crippen molar-refractivity contribution in [1.82, 2.24) is 0 Å². The van der Waals surface area contributed by atoms with Gasteiger partial charge >= 0.3 is 0 Å². The number of thiophene rings is 1. The summed E-state index contributed by atoms with van der Waals surface area (Å²) in [7, 11) is 0. The van der Waals surface area contributed by atoms with Crippen LogP contribution in [0.5, 0.6) is 0 Å². The van der Waals surface area contributed by atoms with E-state index in [9.17, 15) is 14.9 Å². The zero-order valence-corrected chi connectivity index (χ0v) is 12.3. The summed E-state index contributed by atoms with van der Waals surface area (Å²) in [6, 6.07) is 9.65. The van der Waals surface area contributed by atoms with Gasteiger partial charge in [-0.1, -0.05) is 12.1 Å². The molecule has 1 heterocycles. The molecule has 0 aliphatic rings. The molecule has 2 rings (SSSR count).